The van der Waals surface area contributed by atoms with Crippen LogP contribution in [0.1, 0.15) is 12.5 Å². The first-order valence-electron chi connectivity index (χ1n) is 6.29. The van der Waals surface area contributed by atoms with Gasteiger partial charge >= 0.3 is 0 Å². The maximum absolute atomic E-state index is 12.3. The van der Waals surface area contributed by atoms with E-state index < -0.39 is 20.4 Å². The molecule has 0 fully saturated rings. The van der Waals surface area contributed by atoms with Crippen molar-refractivity contribution in [2.24, 2.45) is 0 Å². The summed E-state index contributed by atoms with van der Waals surface area (Å²) in [5.74, 6) is -0.405. The molecule has 1 unspecified atom stereocenters. The van der Waals surface area contributed by atoms with E-state index >= 15 is 0 Å². The Hall–Kier alpha value is -1.62. The van der Waals surface area contributed by atoms with Gasteiger partial charge in [-0.1, -0.05) is 30.3 Å². The van der Waals surface area contributed by atoms with Crippen LogP contribution in [0, 0.1) is 0 Å². The van der Waals surface area contributed by atoms with Crippen LogP contribution in [0.2, 0.25) is 0 Å². The smallest absolute Gasteiger partial charge is 0.178 e. The number of hydrogen-bond acceptors (Lipinski definition) is 4. The van der Waals surface area contributed by atoms with Crippen molar-refractivity contribution in [3.8, 4) is 0 Å². The van der Waals surface area contributed by atoms with Gasteiger partial charge in [0.05, 0.1) is 0 Å². The standard InChI is InChI=1S/C15H21NO3S/c1-15(20(4,18)19,14(17)10-11-16(2)3)12-13-8-6-5-7-9-13/h5-11H,12H2,1-4H3/b11-10+. The van der Waals surface area contributed by atoms with Gasteiger partial charge in [-0.25, -0.2) is 8.42 Å². The van der Waals surface area contributed by atoms with Gasteiger partial charge in [0.15, 0.2) is 15.6 Å². The number of benzene rings is 1. The predicted molar refractivity (Wildman–Crippen MR) is 81.2 cm³/mol. The molecule has 0 spiro atoms. The third kappa shape index (κ3) is 3.93. The van der Waals surface area contributed by atoms with Gasteiger partial charge in [-0.05, 0) is 25.0 Å². The molecule has 110 valence electrons. The quantitative estimate of drug-likeness (QED) is 0.749. The van der Waals surface area contributed by atoms with Crippen LogP contribution in [-0.2, 0) is 21.1 Å². The highest BCUT2D eigenvalue weighted by Gasteiger charge is 2.41. The molecular weight excluding hydrogens is 274 g/mol. The van der Waals surface area contributed by atoms with E-state index in [0.717, 1.165) is 11.8 Å². The summed E-state index contributed by atoms with van der Waals surface area (Å²) in [7, 11) is 0.0240. The Morgan fingerprint density at radius 1 is 1.25 bits per heavy atom. The van der Waals surface area contributed by atoms with Crippen LogP contribution < -0.4 is 0 Å². The minimum Gasteiger partial charge on any atom is -0.383 e. The van der Waals surface area contributed by atoms with Gasteiger partial charge in [-0.3, -0.25) is 4.79 Å². The predicted octanol–water partition coefficient (Wildman–Crippen LogP) is 1.68. The molecule has 1 atom stereocenters. The summed E-state index contributed by atoms with van der Waals surface area (Å²) < 4.78 is 22.7. The highest BCUT2D eigenvalue weighted by atomic mass is 32.2. The Morgan fingerprint density at radius 3 is 2.25 bits per heavy atom. The zero-order chi connectivity index (χ0) is 15.4. The highest BCUT2D eigenvalue weighted by Crippen LogP contribution is 2.24. The maximum atomic E-state index is 12.3. The average molecular weight is 295 g/mol. The molecule has 0 aliphatic carbocycles. The lowest BCUT2D eigenvalue weighted by atomic mass is 9.96. The maximum Gasteiger partial charge on any atom is 0.178 e. The normalized spacial score (nSPS) is 15.0. The van der Waals surface area contributed by atoms with Crippen molar-refractivity contribution in [2.75, 3.05) is 20.4 Å². The van der Waals surface area contributed by atoms with E-state index in [1.54, 1.807) is 25.2 Å². The number of ketones is 1. The van der Waals surface area contributed by atoms with E-state index in [-0.39, 0.29) is 6.42 Å². The molecule has 0 aliphatic rings. The Kier molecular flexibility index (Phi) is 5.11. The lowest BCUT2D eigenvalue weighted by molar-refractivity contribution is -0.116. The number of hydrogen-bond donors (Lipinski definition) is 0. The van der Waals surface area contributed by atoms with Gasteiger partial charge in [-0.15, -0.1) is 0 Å². The molecule has 0 bridgehead atoms. The second-order valence-electron chi connectivity index (χ2n) is 5.31. The van der Waals surface area contributed by atoms with Crippen molar-refractivity contribution >= 4 is 15.6 Å². The third-order valence-electron chi connectivity index (χ3n) is 3.25. The van der Waals surface area contributed by atoms with Gasteiger partial charge in [-0.2, -0.15) is 0 Å². The average Bonchev–Trinajstić information content (AvgIpc) is 2.35. The van der Waals surface area contributed by atoms with Crippen molar-refractivity contribution in [1.29, 1.82) is 0 Å². The molecule has 0 saturated heterocycles. The van der Waals surface area contributed by atoms with E-state index in [2.05, 4.69) is 0 Å². The number of sulfone groups is 1. The van der Waals surface area contributed by atoms with E-state index in [9.17, 15) is 13.2 Å². The summed E-state index contributed by atoms with van der Waals surface area (Å²) in [6, 6.07) is 9.17. The van der Waals surface area contributed by atoms with Crippen LogP contribution >= 0.6 is 0 Å². The fourth-order valence-corrected chi connectivity index (χ4v) is 2.64. The minimum absolute atomic E-state index is 0.170. The van der Waals surface area contributed by atoms with Crippen molar-refractivity contribution < 1.29 is 13.2 Å². The van der Waals surface area contributed by atoms with Crippen molar-refractivity contribution in [3.63, 3.8) is 0 Å². The van der Waals surface area contributed by atoms with Crippen LogP contribution in [0.4, 0.5) is 0 Å². The fourth-order valence-electron chi connectivity index (χ4n) is 1.78. The van der Waals surface area contributed by atoms with Gasteiger partial charge in [0, 0.05) is 26.6 Å². The van der Waals surface area contributed by atoms with Crippen LogP contribution in [0.5, 0.6) is 0 Å². The zero-order valence-electron chi connectivity index (χ0n) is 12.3. The summed E-state index contributed by atoms with van der Waals surface area (Å²) in [5, 5.41) is 0. The van der Waals surface area contributed by atoms with Crippen molar-refractivity contribution in [2.45, 2.75) is 18.1 Å². The molecule has 20 heavy (non-hydrogen) atoms. The van der Waals surface area contributed by atoms with Crippen LogP contribution in [-0.4, -0.2) is 44.2 Å². The number of carbonyl (C=O) groups excluding carboxylic acids is 1. The van der Waals surface area contributed by atoms with Crippen LogP contribution in [0.3, 0.4) is 0 Å². The molecular formula is C15H21NO3S. The molecule has 1 aromatic carbocycles. The molecule has 0 aliphatic heterocycles. The molecule has 0 saturated carbocycles. The second kappa shape index (κ2) is 6.22. The topological polar surface area (TPSA) is 54.5 Å². The first-order valence-corrected chi connectivity index (χ1v) is 8.18. The second-order valence-corrected chi connectivity index (χ2v) is 7.75. The van der Waals surface area contributed by atoms with Crippen molar-refractivity contribution in [1.82, 2.24) is 4.90 Å². The molecule has 4 nitrogen and oxygen atoms in total. The first-order chi connectivity index (χ1) is 9.17. The summed E-state index contributed by atoms with van der Waals surface area (Å²) in [6.07, 6.45) is 4.17. The van der Waals surface area contributed by atoms with Gasteiger partial charge in [0.2, 0.25) is 0 Å². The molecule has 0 heterocycles. The van der Waals surface area contributed by atoms with E-state index in [0.29, 0.717) is 0 Å². The highest BCUT2D eigenvalue weighted by molar-refractivity contribution is 7.92. The Bertz CT molecular complexity index is 591. The number of rotatable bonds is 6. The fraction of sp³-hybridized carbons (Fsp3) is 0.400. The van der Waals surface area contributed by atoms with Gasteiger partial charge < -0.3 is 4.90 Å². The Labute approximate surface area is 121 Å². The van der Waals surface area contributed by atoms with E-state index in [4.69, 9.17) is 0 Å². The molecule has 1 rings (SSSR count). The summed E-state index contributed by atoms with van der Waals surface area (Å²) >= 11 is 0. The molecule has 0 amide bonds. The van der Waals surface area contributed by atoms with Crippen LogP contribution in [0.25, 0.3) is 0 Å². The van der Waals surface area contributed by atoms with Gasteiger partial charge in [0.25, 0.3) is 0 Å². The summed E-state index contributed by atoms with van der Waals surface area (Å²) in [5.41, 5.74) is 0.826. The number of allylic oxidation sites excluding steroid dienone is 1. The van der Waals surface area contributed by atoms with Crippen molar-refractivity contribution in [3.05, 3.63) is 48.2 Å². The lowest BCUT2D eigenvalue weighted by Gasteiger charge is -2.25. The van der Waals surface area contributed by atoms with E-state index in [1.807, 2.05) is 30.3 Å². The largest absolute Gasteiger partial charge is 0.383 e. The zero-order valence-corrected chi connectivity index (χ0v) is 13.1. The molecule has 0 radical (unpaired) electrons. The number of nitrogens with zero attached hydrogens (tertiary/aromatic N) is 1. The third-order valence-corrected chi connectivity index (χ3v) is 5.23. The molecule has 0 N–H and O–H groups in total. The summed E-state index contributed by atoms with van der Waals surface area (Å²) in [6.45, 7) is 1.48. The summed E-state index contributed by atoms with van der Waals surface area (Å²) in [4.78, 5) is 14.0. The SMILES string of the molecule is CN(C)/C=C/C(=O)C(C)(Cc1ccccc1)S(C)(=O)=O. The monoisotopic (exact) mass is 295 g/mol. The minimum atomic E-state index is -3.53. The first kappa shape index (κ1) is 16.4. The van der Waals surface area contributed by atoms with Gasteiger partial charge in [0.1, 0.15) is 4.75 Å². The molecule has 1 aromatic rings. The Balaban J connectivity index is 3.15. The van der Waals surface area contributed by atoms with Crippen LogP contribution in [0.15, 0.2) is 42.6 Å². The lowest BCUT2D eigenvalue weighted by Crippen LogP contribution is -2.44. The molecule has 0 aromatic heterocycles. The Morgan fingerprint density at radius 2 is 1.80 bits per heavy atom. The van der Waals surface area contributed by atoms with E-state index in [1.165, 1.54) is 13.0 Å². The molecule has 5 heteroatoms. The number of carbonyl (C=O) groups is 1.